The van der Waals surface area contributed by atoms with E-state index in [1.165, 1.54) is 10.8 Å². The first-order valence-corrected chi connectivity index (χ1v) is 8.74. The maximum absolute atomic E-state index is 12.0. The zero-order chi connectivity index (χ0) is 18.4. The molecular formula is C13H22N2O9P+. The van der Waals surface area contributed by atoms with E-state index >= 15 is 0 Å². The Morgan fingerprint density at radius 2 is 2.28 bits per heavy atom. The Morgan fingerprint density at radius 1 is 1.52 bits per heavy atom. The van der Waals surface area contributed by atoms with Gasteiger partial charge in [0.1, 0.15) is 19.1 Å². The van der Waals surface area contributed by atoms with Crippen LogP contribution in [-0.4, -0.2) is 63.3 Å². The number of rotatable bonds is 9. The van der Waals surface area contributed by atoms with Crippen LogP contribution in [0.1, 0.15) is 18.2 Å². The Labute approximate surface area is 143 Å². The minimum atomic E-state index is -2.30. The van der Waals surface area contributed by atoms with Gasteiger partial charge in [-0.2, -0.15) is 0 Å². The fourth-order valence-corrected chi connectivity index (χ4v) is 2.69. The number of hydrogen-bond acceptors (Lipinski definition) is 8. The monoisotopic (exact) mass is 381 g/mol. The molecule has 1 aromatic heterocycles. The van der Waals surface area contributed by atoms with Gasteiger partial charge in [0, 0.05) is 18.2 Å². The molecule has 0 bridgehead atoms. The number of hydrogen-bond donors (Lipinski definition) is 3. The van der Waals surface area contributed by atoms with Crippen molar-refractivity contribution < 1.29 is 33.6 Å². The number of ether oxygens (including phenoxy) is 3. The van der Waals surface area contributed by atoms with E-state index in [9.17, 15) is 9.59 Å². The number of H-pyrrole nitrogens is 1. The van der Waals surface area contributed by atoms with Crippen LogP contribution in [0, 0.1) is 6.92 Å². The van der Waals surface area contributed by atoms with Crippen molar-refractivity contribution in [3.05, 3.63) is 32.6 Å². The Bertz CT molecular complexity index is 662. The predicted octanol–water partition coefficient (Wildman–Crippen LogP) is -1.56. The van der Waals surface area contributed by atoms with Crippen molar-refractivity contribution in [3.8, 4) is 0 Å². The summed E-state index contributed by atoms with van der Waals surface area (Å²) in [6, 6.07) is 0. The molecule has 1 aliphatic rings. The van der Waals surface area contributed by atoms with Gasteiger partial charge in [-0.3, -0.25) is 23.8 Å². The van der Waals surface area contributed by atoms with Crippen LogP contribution >= 0.6 is 8.60 Å². The van der Waals surface area contributed by atoms with Gasteiger partial charge in [0.25, 0.3) is 5.56 Å². The van der Waals surface area contributed by atoms with Crippen LogP contribution < -0.4 is 11.2 Å². The van der Waals surface area contributed by atoms with Crippen LogP contribution in [0.5, 0.6) is 0 Å². The molecule has 5 N–H and O–H groups in total. The molecule has 12 heteroatoms. The molecule has 2 heterocycles. The highest BCUT2D eigenvalue weighted by atomic mass is 31.2. The van der Waals surface area contributed by atoms with E-state index < -0.39 is 38.3 Å². The van der Waals surface area contributed by atoms with E-state index in [0.717, 1.165) is 0 Å². The molecule has 0 spiro atoms. The molecule has 3 unspecified atom stereocenters. The van der Waals surface area contributed by atoms with Gasteiger partial charge in [0.15, 0.2) is 0 Å². The first-order valence-electron chi connectivity index (χ1n) is 7.53. The van der Waals surface area contributed by atoms with Gasteiger partial charge in [0.05, 0.1) is 25.9 Å². The lowest BCUT2D eigenvalue weighted by molar-refractivity contribution is -0.120. The van der Waals surface area contributed by atoms with Gasteiger partial charge >= 0.3 is 14.3 Å². The Balaban J connectivity index is 2.09. The van der Waals surface area contributed by atoms with Crippen molar-refractivity contribution in [1.29, 1.82) is 0 Å². The van der Waals surface area contributed by atoms with Gasteiger partial charge in [-0.25, -0.2) is 4.79 Å². The second kappa shape index (κ2) is 9.51. The Kier molecular flexibility index (Phi) is 7.66. The van der Waals surface area contributed by atoms with Crippen LogP contribution in [0.3, 0.4) is 0 Å². The second-order valence-corrected chi connectivity index (χ2v) is 6.17. The average Bonchev–Trinajstić information content (AvgIpc) is 2.96. The summed E-state index contributed by atoms with van der Waals surface area (Å²) in [6.45, 7) is 1.36. The molecule has 11 nitrogen and oxygen atoms in total. The minimum absolute atomic E-state index is 0.0912. The molecule has 25 heavy (non-hydrogen) atoms. The van der Waals surface area contributed by atoms with Crippen molar-refractivity contribution in [2.24, 2.45) is 0 Å². The smallest absolute Gasteiger partial charge is 0.394 e. The summed E-state index contributed by atoms with van der Waals surface area (Å²) in [5.74, 6) is 0. The third-order valence-electron chi connectivity index (χ3n) is 3.60. The molecular weight excluding hydrogens is 359 g/mol. The van der Waals surface area contributed by atoms with Crippen LogP contribution in [0.15, 0.2) is 15.8 Å². The van der Waals surface area contributed by atoms with Crippen LogP contribution in [0.4, 0.5) is 0 Å². The van der Waals surface area contributed by atoms with Gasteiger partial charge < -0.3 is 24.2 Å². The summed E-state index contributed by atoms with van der Waals surface area (Å²) in [5.41, 5.74) is -0.719. The fourth-order valence-electron chi connectivity index (χ4n) is 2.40. The molecule has 1 aliphatic heterocycles. The maximum atomic E-state index is 12.0. The molecule has 0 aliphatic carbocycles. The topological polar surface area (TPSA) is 155 Å². The molecule has 0 aromatic carbocycles. The zero-order valence-electron chi connectivity index (χ0n) is 13.6. The highest BCUT2D eigenvalue weighted by molar-refractivity contribution is 7.39. The number of aliphatic hydroxyl groups excluding tert-OH is 1. The summed E-state index contributed by atoms with van der Waals surface area (Å²) >= 11 is 0. The van der Waals surface area contributed by atoms with E-state index in [0.29, 0.717) is 5.56 Å². The van der Waals surface area contributed by atoms with Crippen LogP contribution in [-0.2, 0) is 18.7 Å². The maximum Gasteiger partial charge on any atom is 0.532 e. The highest BCUT2D eigenvalue weighted by Gasteiger charge is 2.38. The molecule has 1 aromatic rings. The number of nitrogens with one attached hydrogen (secondary N) is 1. The third-order valence-corrected chi connectivity index (χ3v) is 3.99. The number of aromatic amines is 1. The van der Waals surface area contributed by atoms with Gasteiger partial charge in [-0.15, -0.1) is 0 Å². The van der Waals surface area contributed by atoms with Gasteiger partial charge in [0.2, 0.25) is 0 Å². The van der Waals surface area contributed by atoms with Gasteiger partial charge in [-0.1, -0.05) is 0 Å². The predicted molar refractivity (Wildman–Crippen MR) is 86.1 cm³/mol. The highest BCUT2D eigenvalue weighted by Crippen LogP contribution is 2.33. The van der Waals surface area contributed by atoms with E-state index in [1.54, 1.807) is 6.92 Å². The molecule has 0 amide bonds. The summed E-state index contributed by atoms with van der Waals surface area (Å²) in [5, 5.41) is 8.69. The first kappa shape index (κ1) is 20.1. The largest absolute Gasteiger partial charge is 0.532 e. The fraction of sp³-hybridized carbons (Fsp3) is 0.692. The molecule has 1 fully saturated rings. The van der Waals surface area contributed by atoms with Crippen molar-refractivity contribution in [2.45, 2.75) is 31.8 Å². The summed E-state index contributed by atoms with van der Waals surface area (Å²) < 4.78 is 22.5. The molecule has 4 atom stereocenters. The lowest BCUT2D eigenvalue weighted by Gasteiger charge is -2.18. The van der Waals surface area contributed by atoms with Crippen LogP contribution in [0.2, 0.25) is 0 Å². The average molecular weight is 381 g/mol. The molecule has 0 radical (unpaired) electrons. The zero-order valence-corrected chi connectivity index (χ0v) is 14.5. The summed E-state index contributed by atoms with van der Waals surface area (Å²) in [6.07, 6.45) is -0.168. The molecule has 1 saturated heterocycles. The van der Waals surface area contributed by atoms with Crippen LogP contribution in [0.25, 0.3) is 0 Å². The molecule has 142 valence electrons. The molecule has 2 rings (SSSR count). The quantitative estimate of drug-likeness (QED) is 0.201. The van der Waals surface area contributed by atoms with E-state index in [2.05, 4.69) is 4.98 Å². The van der Waals surface area contributed by atoms with E-state index in [-0.39, 0.29) is 33.0 Å². The SMILES string of the molecule is Cc1cn(C2CC(OCOCCO)[C@@H](COP(O)[OH2+])O2)c(=O)[nH]c1=O. The third kappa shape index (κ3) is 5.66. The lowest BCUT2D eigenvalue weighted by Crippen LogP contribution is -2.33. The lowest BCUT2D eigenvalue weighted by atomic mass is 10.2. The van der Waals surface area contributed by atoms with Crippen molar-refractivity contribution in [1.82, 2.24) is 9.55 Å². The van der Waals surface area contributed by atoms with Crippen molar-refractivity contribution in [2.75, 3.05) is 26.6 Å². The Hall–Kier alpha value is -1.17. The number of aryl methyl sites for hydroxylation is 1. The van der Waals surface area contributed by atoms with Crippen molar-refractivity contribution in [3.63, 3.8) is 0 Å². The standard InChI is InChI=1S/C13H21N2O9P/c1-8-5-15(13(18)14-12(8)17)11-4-9(22-7-21-3-2-16)10(24-11)6-23-25(19)20/h5,9-11,16,19-20H,2-4,6-7H2,1H3,(H,14,17,18)/p+1/t9?,10-,11?/m1/s1. The number of aromatic nitrogens is 2. The number of aliphatic hydroxyl groups is 1. The first-order chi connectivity index (χ1) is 11.9. The van der Waals surface area contributed by atoms with Crippen molar-refractivity contribution >= 4 is 8.60 Å². The Morgan fingerprint density at radius 3 is 2.96 bits per heavy atom. The summed E-state index contributed by atoms with van der Waals surface area (Å²) in [7, 11) is -2.30. The van der Waals surface area contributed by atoms with Gasteiger partial charge in [-0.05, 0) is 6.92 Å². The summed E-state index contributed by atoms with van der Waals surface area (Å²) in [4.78, 5) is 41.7. The second-order valence-electron chi connectivity index (χ2n) is 5.37. The normalized spacial score (nSPS) is 24.6. The van der Waals surface area contributed by atoms with E-state index in [4.69, 9.17) is 33.6 Å². The van der Waals surface area contributed by atoms with E-state index in [1.807, 2.05) is 0 Å². The molecule has 0 saturated carbocycles. The number of nitrogens with zero attached hydrogens (tertiary/aromatic N) is 1. The minimum Gasteiger partial charge on any atom is -0.394 e.